The average molecular weight is 553 g/mol. The van der Waals surface area contributed by atoms with E-state index in [1.807, 2.05) is 35.7 Å². The number of aromatic nitrogens is 2. The van der Waals surface area contributed by atoms with Crippen molar-refractivity contribution in [2.45, 2.75) is 30.3 Å². The van der Waals surface area contributed by atoms with Gasteiger partial charge in [0.25, 0.3) is 0 Å². The second kappa shape index (κ2) is 11.3. The summed E-state index contributed by atoms with van der Waals surface area (Å²) in [4.78, 5) is 25.0. The lowest BCUT2D eigenvalue weighted by molar-refractivity contribution is -0.133. The molecule has 0 saturated heterocycles. The smallest absolute Gasteiger partial charge is 0.241 e. The SMILES string of the molecule is O=C([C@H](Cc1cscn1)NS(=O)(=O)c1ccc2occc2c1)N(CCc1ccccc1)Cc1cncs1. The number of fused-ring (bicyclic) bond motifs is 1. The van der Waals surface area contributed by atoms with Gasteiger partial charge in [-0.2, -0.15) is 4.72 Å². The molecule has 1 amide bonds. The summed E-state index contributed by atoms with van der Waals surface area (Å²) in [7, 11) is -4.01. The van der Waals surface area contributed by atoms with Crippen molar-refractivity contribution in [3.8, 4) is 0 Å². The van der Waals surface area contributed by atoms with Gasteiger partial charge in [-0.3, -0.25) is 9.78 Å². The number of rotatable bonds is 11. The van der Waals surface area contributed by atoms with Crippen LogP contribution in [0.15, 0.2) is 92.8 Å². The Labute approximate surface area is 222 Å². The number of carbonyl (C=O) groups excluding carboxylic acids is 1. The van der Waals surface area contributed by atoms with E-state index in [9.17, 15) is 13.2 Å². The quantitative estimate of drug-likeness (QED) is 0.259. The largest absolute Gasteiger partial charge is 0.464 e. The predicted octanol–water partition coefficient (Wildman–Crippen LogP) is 4.51. The highest BCUT2D eigenvalue weighted by Crippen LogP contribution is 2.21. The first-order valence-electron chi connectivity index (χ1n) is 11.5. The summed E-state index contributed by atoms with van der Waals surface area (Å²) in [5.74, 6) is -0.315. The first kappa shape index (κ1) is 25.3. The molecule has 1 N–H and O–H groups in total. The standard InChI is InChI=1S/C26H24N4O4S3/c31-26(30(15-22-14-27-17-36-22)10-8-19-4-2-1-3-5-19)24(13-21-16-35-18-28-21)29-37(32,33)23-6-7-25-20(12-23)9-11-34-25/h1-7,9,11-12,14,16-18,24,29H,8,10,13,15H2/t24-/m0/s1. The highest BCUT2D eigenvalue weighted by molar-refractivity contribution is 7.89. The molecule has 3 heterocycles. The number of nitrogens with one attached hydrogen (secondary N) is 1. The number of benzene rings is 2. The number of amides is 1. The minimum absolute atomic E-state index is 0.0655. The Morgan fingerprint density at radius 2 is 1.97 bits per heavy atom. The van der Waals surface area contributed by atoms with Crippen molar-refractivity contribution in [1.29, 1.82) is 0 Å². The predicted molar refractivity (Wildman–Crippen MR) is 144 cm³/mol. The number of hydrogen-bond acceptors (Lipinski definition) is 8. The van der Waals surface area contributed by atoms with Gasteiger partial charge in [-0.05, 0) is 36.2 Å². The van der Waals surface area contributed by atoms with Crippen LogP contribution in [0.3, 0.4) is 0 Å². The number of furan rings is 1. The van der Waals surface area contributed by atoms with Crippen LogP contribution >= 0.6 is 22.7 Å². The van der Waals surface area contributed by atoms with Crippen molar-refractivity contribution in [3.63, 3.8) is 0 Å². The molecule has 0 radical (unpaired) electrons. The first-order valence-corrected chi connectivity index (χ1v) is 14.9. The van der Waals surface area contributed by atoms with E-state index >= 15 is 0 Å². The number of sulfonamides is 1. The van der Waals surface area contributed by atoms with Gasteiger partial charge in [0.15, 0.2) is 0 Å². The van der Waals surface area contributed by atoms with E-state index in [1.165, 1.54) is 41.1 Å². The molecule has 0 aliphatic carbocycles. The van der Waals surface area contributed by atoms with Gasteiger partial charge >= 0.3 is 0 Å². The molecule has 2 aromatic carbocycles. The Hall–Kier alpha value is -3.38. The molecule has 5 aromatic rings. The Bertz CT molecular complexity index is 1550. The van der Waals surface area contributed by atoms with Crippen LogP contribution in [0, 0.1) is 0 Å². The first-order chi connectivity index (χ1) is 18.0. The number of thiazole rings is 2. The van der Waals surface area contributed by atoms with Crippen LogP contribution < -0.4 is 4.72 Å². The molecule has 0 aliphatic rings. The normalized spacial score (nSPS) is 12.5. The molecule has 3 aromatic heterocycles. The number of hydrogen-bond donors (Lipinski definition) is 1. The molecule has 11 heteroatoms. The molecule has 0 fully saturated rings. The summed E-state index contributed by atoms with van der Waals surface area (Å²) in [5.41, 5.74) is 5.72. The van der Waals surface area contributed by atoms with Gasteiger partial charge in [0.1, 0.15) is 11.6 Å². The van der Waals surface area contributed by atoms with Crippen molar-refractivity contribution in [3.05, 3.63) is 99.6 Å². The summed E-state index contributed by atoms with van der Waals surface area (Å²) in [6, 6.07) is 15.2. The second-order valence-electron chi connectivity index (χ2n) is 8.44. The van der Waals surface area contributed by atoms with E-state index < -0.39 is 16.1 Å². The molecule has 0 unspecified atom stereocenters. The topological polar surface area (TPSA) is 105 Å². The van der Waals surface area contributed by atoms with Crippen LogP contribution in [-0.2, 0) is 34.2 Å². The Balaban J connectivity index is 1.42. The van der Waals surface area contributed by atoms with Gasteiger partial charge < -0.3 is 9.32 Å². The maximum Gasteiger partial charge on any atom is 0.241 e. The molecule has 0 spiro atoms. The maximum absolute atomic E-state index is 13.9. The Kier molecular flexibility index (Phi) is 7.75. The molecule has 0 aliphatic heterocycles. The summed E-state index contributed by atoms with van der Waals surface area (Å²) in [5, 5.41) is 2.49. The summed E-state index contributed by atoms with van der Waals surface area (Å²) < 4.78 is 34.8. The molecule has 190 valence electrons. The van der Waals surface area contributed by atoms with Crippen molar-refractivity contribution >= 4 is 49.6 Å². The molecule has 8 nitrogen and oxygen atoms in total. The van der Waals surface area contributed by atoms with Gasteiger partial charge in [0, 0.05) is 34.8 Å². The minimum Gasteiger partial charge on any atom is -0.464 e. The molecule has 5 rings (SSSR count). The third-order valence-electron chi connectivity index (χ3n) is 5.88. The lowest BCUT2D eigenvalue weighted by Crippen LogP contribution is -2.50. The molecule has 1 atom stereocenters. The van der Waals surface area contributed by atoms with E-state index in [2.05, 4.69) is 14.7 Å². The van der Waals surface area contributed by atoms with Crippen molar-refractivity contribution in [2.24, 2.45) is 0 Å². The van der Waals surface area contributed by atoms with Crippen LogP contribution in [0.1, 0.15) is 16.1 Å². The van der Waals surface area contributed by atoms with E-state index in [-0.39, 0.29) is 17.2 Å². The van der Waals surface area contributed by atoms with Crippen LogP contribution in [-0.4, -0.2) is 41.8 Å². The van der Waals surface area contributed by atoms with Crippen LogP contribution in [0.2, 0.25) is 0 Å². The fourth-order valence-corrected chi connectivity index (χ4v) is 6.40. The van der Waals surface area contributed by atoms with Gasteiger partial charge in [-0.25, -0.2) is 13.4 Å². The maximum atomic E-state index is 13.9. The van der Waals surface area contributed by atoms with Crippen LogP contribution in [0.5, 0.6) is 0 Å². The Morgan fingerprint density at radius 3 is 2.73 bits per heavy atom. The summed E-state index contributed by atoms with van der Waals surface area (Å²) in [6.45, 7) is 0.767. The number of carbonyl (C=O) groups is 1. The third kappa shape index (κ3) is 6.31. The van der Waals surface area contributed by atoms with E-state index in [4.69, 9.17) is 4.42 Å². The molecule has 0 bridgehead atoms. The third-order valence-corrected chi connectivity index (χ3v) is 8.75. The monoisotopic (exact) mass is 552 g/mol. The Morgan fingerprint density at radius 1 is 1.11 bits per heavy atom. The van der Waals surface area contributed by atoms with E-state index in [0.29, 0.717) is 36.2 Å². The second-order valence-corrected chi connectivity index (χ2v) is 11.8. The highest BCUT2D eigenvalue weighted by atomic mass is 32.2. The summed E-state index contributed by atoms with van der Waals surface area (Å²) in [6.07, 6.45) is 4.01. The van der Waals surface area contributed by atoms with E-state index in [1.54, 1.807) is 34.3 Å². The molecule has 37 heavy (non-hydrogen) atoms. The molecular weight excluding hydrogens is 529 g/mol. The molecular formula is C26H24N4O4S3. The van der Waals surface area contributed by atoms with Crippen LogP contribution in [0.4, 0.5) is 0 Å². The number of nitrogens with zero attached hydrogens (tertiary/aromatic N) is 3. The minimum atomic E-state index is -4.01. The van der Waals surface area contributed by atoms with Crippen molar-refractivity contribution in [1.82, 2.24) is 19.6 Å². The fraction of sp³-hybridized carbons (Fsp3) is 0.192. The lowest BCUT2D eigenvalue weighted by atomic mass is 10.1. The van der Waals surface area contributed by atoms with Crippen molar-refractivity contribution in [2.75, 3.05) is 6.54 Å². The average Bonchev–Trinajstić information content (AvgIpc) is 3.69. The summed E-state index contributed by atoms with van der Waals surface area (Å²) >= 11 is 2.86. The molecule has 0 saturated carbocycles. The van der Waals surface area contributed by atoms with Gasteiger partial charge in [0.05, 0.1) is 34.4 Å². The fourth-order valence-electron chi connectivity index (χ4n) is 4.00. The zero-order valence-electron chi connectivity index (χ0n) is 19.7. The van der Waals surface area contributed by atoms with Gasteiger partial charge in [0.2, 0.25) is 15.9 Å². The van der Waals surface area contributed by atoms with Gasteiger partial charge in [-0.15, -0.1) is 22.7 Å². The van der Waals surface area contributed by atoms with Gasteiger partial charge in [-0.1, -0.05) is 30.3 Å². The van der Waals surface area contributed by atoms with Crippen LogP contribution in [0.25, 0.3) is 11.0 Å². The van der Waals surface area contributed by atoms with Crippen molar-refractivity contribution < 1.29 is 17.6 Å². The lowest BCUT2D eigenvalue weighted by Gasteiger charge is -2.27. The zero-order chi connectivity index (χ0) is 25.7. The highest BCUT2D eigenvalue weighted by Gasteiger charge is 2.30. The van der Waals surface area contributed by atoms with E-state index in [0.717, 1.165) is 10.4 Å². The zero-order valence-corrected chi connectivity index (χ0v) is 22.1.